The van der Waals surface area contributed by atoms with Gasteiger partial charge in [-0.1, -0.05) is 62.4 Å². The average molecular weight is 536 g/mol. The third-order valence-electron chi connectivity index (χ3n) is 5.85. The van der Waals surface area contributed by atoms with E-state index >= 15 is 0 Å². The van der Waals surface area contributed by atoms with Crippen LogP contribution < -0.4 is 0 Å². The van der Waals surface area contributed by atoms with Gasteiger partial charge in [0.1, 0.15) is 22.5 Å². The Morgan fingerprint density at radius 3 is 2.18 bits per heavy atom. The second-order valence-corrected chi connectivity index (χ2v) is 11.4. The van der Waals surface area contributed by atoms with Gasteiger partial charge in [0.25, 0.3) is 0 Å². The van der Waals surface area contributed by atoms with Gasteiger partial charge in [-0.2, -0.15) is 0 Å². The Balaban J connectivity index is 1.88. The lowest BCUT2D eigenvalue weighted by Gasteiger charge is -2.26. The van der Waals surface area contributed by atoms with Gasteiger partial charge in [-0.05, 0) is 70.7 Å². The van der Waals surface area contributed by atoms with Crippen molar-refractivity contribution in [3.05, 3.63) is 77.1 Å². The average Bonchev–Trinajstić information content (AvgIpc) is 3.18. The van der Waals surface area contributed by atoms with Crippen molar-refractivity contribution in [1.29, 1.82) is 0 Å². The molecule has 0 spiro atoms. The normalized spacial score (nSPS) is 12.4. The molecule has 0 N–H and O–H groups in total. The number of amides is 1. The Bertz CT molecular complexity index is 1310. The number of allylic oxidation sites excluding steroid dienone is 1. The molecule has 0 bridgehead atoms. The number of nitrogens with zero attached hydrogens (tertiary/aromatic N) is 1. The molecule has 0 saturated carbocycles. The first kappa shape index (κ1) is 29.8. The van der Waals surface area contributed by atoms with E-state index in [2.05, 4.69) is 31.2 Å². The first-order valence-electron chi connectivity index (χ1n) is 13.5. The fourth-order valence-electron chi connectivity index (χ4n) is 4.16. The Morgan fingerprint density at radius 2 is 1.59 bits per heavy atom. The van der Waals surface area contributed by atoms with Crippen molar-refractivity contribution in [1.82, 2.24) is 5.06 Å². The van der Waals surface area contributed by atoms with Gasteiger partial charge in [-0.25, -0.2) is 9.59 Å². The van der Waals surface area contributed by atoms with Gasteiger partial charge in [0.2, 0.25) is 0 Å². The van der Waals surface area contributed by atoms with E-state index in [0.29, 0.717) is 6.42 Å². The molecule has 3 rings (SSSR count). The van der Waals surface area contributed by atoms with Crippen molar-refractivity contribution in [2.45, 2.75) is 85.9 Å². The number of furan rings is 1. The third-order valence-corrected chi connectivity index (χ3v) is 5.85. The lowest BCUT2D eigenvalue weighted by molar-refractivity contribution is -0.130. The maximum atomic E-state index is 12.8. The molecule has 0 aliphatic carbocycles. The van der Waals surface area contributed by atoms with Crippen LogP contribution in [-0.4, -0.2) is 35.1 Å². The number of aryl methyl sites for hydroxylation is 1. The standard InChI is InChI=1S/C32H41NO6/c1-9-23(18-19-33(29(34)37-31(3,4)5)39-30(35)38-32(6,7)8)24-16-17-25-26(20-22-14-12-11-13-15-22)27(10-2)36-28(25)21-24/h11-18,21H,9-10,19-20H2,1-8H3. The zero-order valence-corrected chi connectivity index (χ0v) is 24.4. The summed E-state index contributed by atoms with van der Waals surface area (Å²) in [5.41, 5.74) is 3.67. The molecule has 3 aromatic rings. The topological polar surface area (TPSA) is 78.2 Å². The summed E-state index contributed by atoms with van der Waals surface area (Å²) in [6.07, 6.45) is 2.40. The van der Waals surface area contributed by atoms with Crippen LogP contribution in [0.2, 0.25) is 0 Å². The van der Waals surface area contributed by atoms with E-state index in [1.54, 1.807) is 41.5 Å². The van der Waals surface area contributed by atoms with Crippen LogP contribution in [0.3, 0.4) is 0 Å². The summed E-state index contributed by atoms with van der Waals surface area (Å²) < 4.78 is 17.0. The minimum atomic E-state index is -0.977. The first-order chi connectivity index (χ1) is 18.3. The van der Waals surface area contributed by atoms with Crippen LogP contribution in [-0.2, 0) is 27.2 Å². The number of benzene rings is 2. The summed E-state index contributed by atoms with van der Waals surface area (Å²) in [4.78, 5) is 30.4. The molecule has 7 heteroatoms. The molecule has 0 atom stereocenters. The highest BCUT2D eigenvalue weighted by Crippen LogP contribution is 2.32. The summed E-state index contributed by atoms with van der Waals surface area (Å²) in [6.45, 7) is 14.5. The van der Waals surface area contributed by atoms with Crippen LogP contribution in [0.25, 0.3) is 16.5 Å². The molecule has 1 aromatic heterocycles. The van der Waals surface area contributed by atoms with Crippen molar-refractivity contribution >= 4 is 28.8 Å². The van der Waals surface area contributed by atoms with Crippen molar-refractivity contribution < 1.29 is 28.3 Å². The number of carbonyl (C=O) groups excluding carboxylic acids is 2. The lowest BCUT2D eigenvalue weighted by atomic mass is 9.98. The summed E-state index contributed by atoms with van der Waals surface area (Å²) in [5.74, 6) is 0.981. The van der Waals surface area contributed by atoms with Crippen LogP contribution >= 0.6 is 0 Å². The molecule has 1 heterocycles. The molecule has 7 nitrogen and oxygen atoms in total. The van der Waals surface area contributed by atoms with Gasteiger partial charge in [-0.3, -0.25) is 4.84 Å². The van der Waals surface area contributed by atoms with Crippen LogP contribution in [0.1, 0.15) is 84.3 Å². The molecule has 2 aromatic carbocycles. The Morgan fingerprint density at radius 1 is 0.923 bits per heavy atom. The van der Waals surface area contributed by atoms with E-state index in [-0.39, 0.29) is 6.54 Å². The molecular weight excluding hydrogens is 494 g/mol. The summed E-state index contributed by atoms with van der Waals surface area (Å²) >= 11 is 0. The van der Waals surface area contributed by atoms with E-state index < -0.39 is 23.5 Å². The molecule has 39 heavy (non-hydrogen) atoms. The van der Waals surface area contributed by atoms with E-state index in [4.69, 9.17) is 18.7 Å². The number of fused-ring (bicyclic) bond motifs is 1. The second kappa shape index (κ2) is 12.4. The van der Waals surface area contributed by atoms with Crippen LogP contribution in [0.5, 0.6) is 0 Å². The number of hydroxylamine groups is 2. The zero-order chi connectivity index (χ0) is 28.8. The molecule has 0 radical (unpaired) electrons. The predicted octanol–water partition coefficient (Wildman–Crippen LogP) is 8.48. The summed E-state index contributed by atoms with van der Waals surface area (Å²) in [7, 11) is 0. The minimum Gasteiger partial charge on any atom is -0.461 e. The summed E-state index contributed by atoms with van der Waals surface area (Å²) in [6, 6.07) is 16.6. The van der Waals surface area contributed by atoms with Crippen LogP contribution in [0, 0.1) is 0 Å². The largest absolute Gasteiger partial charge is 0.534 e. The number of hydrogen-bond donors (Lipinski definition) is 0. The van der Waals surface area contributed by atoms with E-state index in [1.807, 2.05) is 37.3 Å². The van der Waals surface area contributed by atoms with Gasteiger partial charge >= 0.3 is 12.2 Å². The van der Waals surface area contributed by atoms with Gasteiger partial charge in [0.05, 0.1) is 6.54 Å². The molecule has 1 amide bonds. The van der Waals surface area contributed by atoms with Crippen LogP contribution in [0.15, 0.2) is 59.0 Å². The highest BCUT2D eigenvalue weighted by Gasteiger charge is 2.27. The lowest BCUT2D eigenvalue weighted by Crippen LogP contribution is -2.39. The second-order valence-electron chi connectivity index (χ2n) is 11.4. The predicted molar refractivity (Wildman–Crippen MR) is 153 cm³/mol. The van der Waals surface area contributed by atoms with E-state index in [1.165, 1.54) is 11.1 Å². The van der Waals surface area contributed by atoms with Gasteiger partial charge in [0, 0.05) is 23.8 Å². The molecule has 0 aliphatic heterocycles. The number of hydrogen-bond acceptors (Lipinski definition) is 6. The maximum absolute atomic E-state index is 12.8. The molecule has 210 valence electrons. The molecule has 0 fully saturated rings. The van der Waals surface area contributed by atoms with Crippen molar-refractivity contribution in [2.24, 2.45) is 0 Å². The third kappa shape index (κ3) is 8.63. The SMILES string of the molecule is CCC(=CCN(OC(=O)OC(C)(C)C)C(=O)OC(C)(C)C)c1ccc2c(Cc3ccccc3)c(CC)oc2c1. The van der Waals surface area contributed by atoms with Gasteiger partial charge < -0.3 is 13.9 Å². The number of carbonyl (C=O) groups is 2. The van der Waals surface area contributed by atoms with Crippen molar-refractivity contribution in [3.63, 3.8) is 0 Å². The molecule has 0 aliphatic rings. The fourth-order valence-corrected chi connectivity index (χ4v) is 4.16. The highest BCUT2D eigenvalue weighted by atomic mass is 16.8. The minimum absolute atomic E-state index is 0.00696. The van der Waals surface area contributed by atoms with Crippen molar-refractivity contribution in [2.75, 3.05) is 6.54 Å². The van der Waals surface area contributed by atoms with E-state index in [0.717, 1.165) is 45.8 Å². The quantitative estimate of drug-likeness (QED) is 0.223. The highest BCUT2D eigenvalue weighted by molar-refractivity contribution is 5.86. The monoisotopic (exact) mass is 535 g/mol. The zero-order valence-electron chi connectivity index (χ0n) is 24.4. The van der Waals surface area contributed by atoms with Gasteiger partial charge in [-0.15, -0.1) is 5.06 Å². The van der Waals surface area contributed by atoms with E-state index in [9.17, 15) is 9.59 Å². The Kier molecular flexibility index (Phi) is 9.49. The van der Waals surface area contributed by atoms with Crippen molar-refractivity contribution in [3.8, 4) is 0 Å². The molecule has 0 unspecified atom stereocenters. The van der Waals surface area contributed by atoms with Crippen LogP contribution in [0.4, 0.5) is 9.59 Å². The molecular formula is C32H41NO6. The maximum Gasteiger partial charge on any atom is 0.534 e. The Hall–Kier alpha value is -3.74. The summed E-state index contributed by atoms with van der Waals surface area (Å²) in [5, 5.41) is 1.98. The number of ether oxygens (including phenoxy) is 2. The van der Waals surface area contributed by atoms with Gasteiger partial charge in [0.15, 0.2) is 0 Å². The smallest absolute Gasteiger partial charge is 0.461 e. The Labute approximate surface area is 231 Å². The fraction of sp³-hybridized carbons (Fsp3) is 0.438. The molecule has 0 saturated heterocycles. The first-order valence-corrected chi connectivity index (χ1v) is 13.5. The number of rotatable bonds is 7.